The van der Waals surface area contributed by atoms with Gasteiger partial charge in [-0.05, 0) is 48.7 Å². The third-order valence-corrected chi connectivity index (χ3v) is 5.14. The first-order valence-electron chi connectivity index (χ1n) is 9.00. The number of carbonyl (C=O) groups is 1. The molecule has 5 rings (SSSR count). The topological polar surface area (TPSA) is 67.5 Å². The maximum atomic E-state index is 13.4. The highest BCUT2D eigenvalue weighted by molar-refractivity contribution is 5.80. The van der Waals surface area contributed by atoms with E-state index in [0.717, 1.165) is 18.4 Å². The highest BCUT2D eigenvalue weighted by atomic mass is 19.1. The Morgan fingerprint density at radius 3 is 3.04 bits per heavy atom. The van der Waals surface area contributed by atoms with Crippen LogP contribution in [0.15, 0.2) is 36.4 Å². The normalized spacial score (nSPS) is 18.4. The number of nitrogens with zero attached hydrogens (tertiary/aromatic N) is 2. The Morgan fingerprint density at radius 1 is 1.22 bits per heavy atom. The van der Waals surface area contributed by atoms with Crippen LogP contribution >= 0.6 is 0 Å². The van der Waals surface area contributed by atoms with Crippen molar-refractivity contribution in [3.05, 3.63) is 53.6 Å². The second-order valence-electron chi connectivity index (χ2n) is 6.89. The summed E-state index contributed by atoms with van der Waals surface area (Å²) in [5.41, 5.74) is 2.25. The van der Waals surface area contributed by atoms with Crippen LogP contribution in [-0.4, -0.2) is 34.1 Å². The summed E-state index contributed by atoms with van der Waals surface area (Å²) >= 11 is 0. The van der Waals surface area contributed by atoms with Gasteiger partial charge >= 0.3 is 0 Å². The van der Waals surface area contributed by atoms with E-state index in [2.05, 4.69) is 9.97 Å². The third kappa shape index (κ3) is 2.89. The van der Waals surface area contributed by atoms with E-state index in [0.29, 0.717) is 41.3 Å². The number of ether oxygens (including phenoxy) is 2. The number of hydrogen-bond donors (Lipinski definition) is 1. The highest BCUT2D eigenvalue weighted by Crippen LogP contribution is 2.34. The lowest BCUT2D eigenvalue weighted by atomic mass is 10.1. The molecular weight excluding hydrogens is 349 g/mol. The molecule has 1 amide bonds. The van der Waals surface area contributed by atoms with E-state index in [1.807, 2.05) is 23.1 Å². The second kappa shape index (κ2) is 6.26. The molecule has 0 bridgehead atoms. The van der Waals surface area contributed by atoms with E-state index in [-0.39, 0.29) is 24.6 Å². The largest absolute Gasteiger partial charge is 0.454 e. The van der Waals surface area contributed by atoms with Crippen LogP contribution in [0.4, 0.5) is 4.39 Å². The Morgan fingerprint density at radius 2 is 2.11 bits per heavy atom. The van der Waals surface area contributed by atoms with Crippen molar-refractivity contribution in [3.63, 3.8) is 0 Å². The zero-order chi connectivity index (χ0) is 18.4. The zero-order valence-electron chi connectivity index (χ0n) is 14.6. The van der Waals surface area contributed by atoms with E-state index >= 15 is 0 Å². The van der Waals surface area contributed by atoms with Crippen molar-refractivity contribution in [3.8, 4) is 11.5 Å². The molecule has 0 radical (unpaired) electrons. The molecule has 1 aromatic heterocycles. The number of amides is 1. The quantitative estimate of drug-likeness (QED) is 0.771. The van der Waals surface area contributed by atoms with Gasteiger partial charge in [0.25, 0.3) is 0 Å². The zero-order valence-corrected chi connectivity index (χ0v) is 14.6. The van der Waals surface area contributed by atoms with Crippen molar-refractivity contribution in [2.24, 2.45) is 0 Å². The van der Waals surface area contributed by atoms with Crippen LogP contribution in [0.25, 0.3) is 11.0 Å². The molecular formula is C20H18FN3O3. The van der Waals surface area contributed by atoms with E-state index in [1.54, 1.807) is 6.07 Å². The average molecular weight is 367 g/mol. The summed E-state index contributed by atoms with van der Waals surface area (Å²) in [4.78, 5) is 22.5. The molecule has 3 aromatic rings. The fraction of sp³-hybridized carbons (Fsp3) is 0.300. The molecule has 1 saturated heterocycles. The molecule has 1 fully saturated rings. The smallest absolute Gasteiger partial charge is 0.231 e. The van der Waals surface area contributed by atoms with Crippen LogP contribution in [0.3, 0.4) is 0 Å². The molecule has 2 aliphatic heterocycles. The molecule has 7 heteroatoms. The van der Waals surface area contributed by atoms with Crippen molar-refractivity contribution < 1.29 is 18.7 Å². The van der Waals surface area contributed by atoms with Gasteiger partial charge < -0.3 is 19.4 Å². The number of benzene rings is 2. The molecule has 138 valence electrons. The molecule has 0 saturated carbocycles. The Bertz CT molecular complexity index is 1030. The van der Waals surface area contributed by atoms with Crippen LogP contribution < -0.4 is 9.47 Å². The average Bonchev–Trinajstić information content (AvgIpc) is 3.39. The fourth-order valence-corrected chi connectivity index (χ4v) is 3.84. The van der Waals surface area contributed by atoms with Crippen LogP contribution in [0.1, 0.15) is 30.3 Å². The van der Waals surface area contributed by atoms with Gasteiger partial charge in [0.1, 0.15) is 11.6 Å². The van der Waals surface area contributed by atoms with Crippen molar-refractivity contribution in [2.75, 3.05) is 13.3 Å². The third-order valence-electron chi connectivity index (χ3n) is 5.14. The van der Waals surface area contributed by atoms with Gasteiger partial charge in [0.2, 0.25) is 12.7 Å². The molecule has 27 heavy (non-hydrogen) atoms. The van der Waals surface area contributed by atoms with Crippen molar-refractivity contribution >= 4 is 16.9 Å². The van der Waals surface area contributed by atoms with Crippen LogP contribution in [-0.2, 0) is 11.2 Å². The summed E-state index contributed by atoms with van der Waals surface area (Å²) < 4.78 is 24.1. The minimum Gasteiger partial charge on any atom is -0.454 e. The van der Waals surface area contributed by atoms with Gasteiger partial charge in [-0.2, -0.15) is 0 Å². The fourth-order valence-electron chi connectivity index (χ4n) is 3.84. The number of carbonyl (C=O) groups excluding carboxylic acids is 1. The molecule has 0 aliphatic carbocycles. The van der Waals surface area contributed by atoms with Gasteiger partial charge in [0.15, 0.2) is 11.5 Å². The number of likely N-dealkylation sites (tertiary alicyclic amines) is 1. The van der Waals surface area contributed by atoms with Gasteiger partial charge in [0.05, 0.1) is 23.5 Å². The monoisotopic (exact) mass is 367 g/mol. The number of fused-ring (bicyclic) bond motifs is 2. The Balaban J connectivity index is 1.37. The van der Waals surface area contributed by atoms with Gasteiger partial charge in [-0.25, -0.2) is 9.37 Å². The summed E-state index contributed by atoms with van der Waals surface area (Å²) in [7, 11) is 0. The SMILES string of the molecule is O=C(Cc1ccc2c(c1)OCO2)N1CCC[C@H]1c1nc2ccc(F)cc2[nH]1. The van der Waals surface area contributed by atoms with E-state index in [9.17, 15) is 9.18 Å². The molecule has 1 N–H and O–H groups in total. The minimum atomic E-state index is -0.306. The predicted molar refractivity (Wildman–Crippen MR) is 96.0 cm³/mol. The van der Waals surface area contributed by atoms with Gasteiger partial charge in [-0.1, -0.05) is 6.07 Å². The molecule has 2 aromatic carbocycles. The number of aromatic nitrogens is 2. The van der Waals surface area contributed by atoms with Crippen molar-refractivity contribution in [2.45, 2.75) is 25.3 Å². The summed E-state index contributed by atoms with van der Waals surface area (Å²) in [6.07, 6.45) is 2.06. The van der Waals surface area contributed by atoms with E-state index < -0.39 is 0 Å². The number of aromatic amines is 1. The van der Waals surface area contributed by atoms with E-state index in [1.165, 1.54) is 12.1 Å². The number of halogens is 1. The minimum absolute atomic E-state index is 0.0444. The first kappa shape index (κ1) is 16.1. The predicted octanol–water partition coefficient (Wildman–Crippen LogP) is 3.34. The lowest BCUT2D eigenvalue weighted by Gasteiger charge is -2.23. The first-order chi connectivity index (χ1) is 13.2. The Hall–Kier alpha value is -3.09. The lowest BCUT2D eigenvalue weighted by molar-refractivity contribution is -0.131. The van der Waals surface area contributed by atoms with Crippen LogP contribution in [0.2, 0.25) is 0 Å². The summed E-state index contributed by atoms with van der Waals surface area (Å²) in [6, 6.07) is 9.94. The number of nitrogens with one attached hydrogen (secondary N) is 1. The van der Waals surface area contributed by atoms with Crippen LogP contribution in [0.5, 0.6) is 11.5 Å². The van der Waals surface area contributed by atoms with Crippen molar-refractivity contribution in [1.29, 1.82) is 0 Å². The lowest BCUT2D eigenvalue weighted by Crippen LogP contribution is -2.32. The molecule has 6 nitrogen and oxygen atoms in total. The summed E-state index contributed by atoms with van der Waals surface area (Å²) in [5.74, 6) is 1.84. The maximum absolute atomic E-state index is 13.4. The van der Waals surface area contributed by atoms with Crippen molar-refractivity contribution in [1.82, 2.24) is 14.9 Å². The second-order valence-corrected chi connectivity index (χ2v) is 6.89. The summed E-state index contributed by atoms with van der Waals surface area (Å²) in [5, 5.41) is 0. The standard InChI is InChI=1S/C20H18FN3O3/c21-13-4-5-14-15(10-13)23-20(22-14)16-2-1-7-24(16)19(25)9-12-3-6-17-18(8-12)27-11-26-17/h3-6,8,10,16H,1-2,7,9,11H2,(H,22,23)/t16-/m0/s1. The molecule has 0 spiro atoms. The molecule has 2 aliphatic rings. The molecule has 1 atom stereocenters. The highest BCUT2D eigenvalue weighted by Gasteiger charge is 2.32. The number of hydrogen-bond acceptors (Lipinski definition) is 4. The Labute approximate surface area is 154 Å². The van der Waals surface area contributed by atoms with Gasteiger partial charge in [-0.3, -0.25) is 4.79 Å². The molecule has 3 heterocycles. The number of H-pyrrole nitrogens is 1. The summed E-state index contributed by atoms with van der Waals surface area (Å²) in [6.45, 7) is 0.910. The van der Waals surface area contributed by atoms with Gasteiger partial charge in [-0.15, -0.1) is 0 Å². The van der Waals surface area contributed by atoms with Gasteiger partial charge in [0, 0.05) is 6.54 Å². The molecule has 0 unspecified atom stereocenters. The Kier molecular flexibility index (Phi) is 3.74. The van der Waals surface area contributed by atoms with E-state index in [4.69, 9.17) is 9.47 Å². The number of imidazole rings is 1. The first-order valence-corrected chi connectivity index (χ1v) is 9.00. The number of rotatable bonds is 3. The maximum Gasteiger partial charge on any atom is 0.231 e. The van der Waals surface area contributed by atoms with Crippen LogP contribution in [0, 0.1) is 5.82 Å².